The summed E-state index contributed by atoms with van der Waals surface area (Å²) in [7, 11) is 0. The average molecular weight is 312 g/mol. The van der Waals surface area contributed by atoms with Gasteiger partial charge in [-0.05, 0) is 38.5 Å². The molecule has 0 N–H and O–H groups in total. The van der Waals surface area contributed by atoms with Crippen molar-refractivity contribution >= 4 is 11.9 Å². The van der Waals surface area contributed by atoms with E-state index in [4.69, 9.17) is 9.47 Å². The van der Waals surface area contributed by atoms with Gasteiger partial charge in [-0.1, -0.05) is 35.9 Å². The molecule has 4 nitrogen and oxygen atoms in total. The second kappa shape index (κ2) is 7.58. The molecule has 0 aliphatic rings. The van der Waals surface area contributed by atoms with E-state index >= 15 is 0 Å². The SMILES string of the molecule is CCOC(=O)Cc1cc(C)cc(C)c1OC(=O)c1ccccc1. The molecule has 2 rings (SSSR count). The Morgan fingerprint density at radius 2 is 1.74 bits per heavy atom. The Bertz CT molecular complexity index is 705. The van der Waals surface area contributed by atoms with Crippen LogP contribution in [0.5, 0.6) is 5.75 Å². The highest BCUT2D eigenvalue weighted by Crippen LogP contribution is 2.27. The lowest BCUT2D eigenvalue weighted by molar-refractivity contribution is -0.142. The number of carbonyl (C=O) groups excluding carboxylic acids is 2. The molecule has 0 aliphatic heterocycles. The van der Waals surface area contributed by atoms with Gasteiger partial charge in [0.25, 0.3) is 0 Å². The average Bonchev–Trinajstić information content (AvgIpc) is 2.51. The molecule has 0 bridgehead atoms. The zero-order chi connectivity index (χ0) is 16.8. The van der Waals surface area contributed by atoms with Gasteiger partial charge in [-0.2, -0.15) is 0 Å². The number of carbonyl (C=O) groups is 2. The quantitative estimate of drug-likeness (QED) is 0.625. The van der Waals surface area contributed by atoms with Crippen LogP contribution in [0.1, 0.15) is 34.0 Å². The summed E-state index contributed by atoms with van der Waals surface area (Å²) in [6.45, 7) is 5.87. The number of hydrogen-bond acceptors (Lipinski definition) is 4. The molecule has 0 radical (unpaired) electrons. The van der Waals surface area contributed by atoms with Crippen LogP contribution in [0.15, 0.2) is 42.5 Å². The lowest BCUT2D eigenvalue weighted by atomic mass is 10.0. The Hall–Kier alpha value is -2.62. The van der Waals surface area contributed by atoms with Crippen LogP contribution < -0.4 is 4.74 Å². The molecule has 0 heterocycles. The Morgan fingerprint density at radius 1 is 1.04 bits per heavy atom. The lowest BCUT2D eigenvalue weighted by Gasteiger charge is -2.14. The minimum atomic E-state index is -0.442. The van der Waals surface area contributed by atoms with Crippen molar-refractivity contribution in [3.8, 4) is 5.75 Å². The first-order valence-electron chi connectivity index (χ1n) is 7.54. The molecule has 2 aromatic carbocycles. The molecule has 120 valence electrons. The molecular weight excluding hydrogens is 292 g/mol. The first kappa shape index (κ1) is 16.7. The first-order chi connectivity index (χ1) is 11.0. The van der Waals surface area contributed by atoms with E-state index in [0.29, 0.717) is 23.5 Å². The van der Waals surface area contributed by atoms with Crippen LogP contribution >= 0.6 is 0 Å². The molecular formula is C19H20O4. The van der Waals surface area contributed by atoms with Crippen LogP contribution in [0.25, 0.3) is 0 Å². The van der Waals surface area contributed by atoms with Gasteiger partial charge in [0.15, 0.2) is 0 Å². The molecule has 0 spiro atoms. The Morgan fingerprint density at radius 3 is 2.39 bits per heavy atom. The number of rotatable bonds is 5. The molecule has 0 saturated carbocycles. The molecule has 0 unspecified atom stereocenters. The molecule has 0 aromatic heterocycles. The first-order valence-corrected chi connectivity index (χ1v) is 7.54. The second-order valence-electron chi connectivity index (χ2n) is 5.31. The Balaban J connectivity index is 2.29. The van der Waals surface area contributed by atoms with Crippen LogP contribution in [0, 0.1) is 13.8 Å². The zero-order valence-electron chi connectivity index (χ0n) is 13.6. The lowest BCUT2D eigenvalue weighted by Crippen LogP contribution is -2.14. The Kier molecular flexibility index (Phi) is 5.52. The van der Waals surface area contributed by atoms with E-state index in [1.165, 1.54) is 0 Å². The molecule has 0 aliphatic carbocycles. The summed E-state index contributed by atoms with van der Waals surface area (Å²) in [5.74, 6) is -0.352. The molecule has 0 fully saturated rings. The number of hydrogen-bond donors (Lipinski definition) is 0. The normalized spacial score (nSPS) is 10.2. The molecule has 0 atom stereocenters. The summed E-state index contributed by atoms with van der Waals surface area (Å²) < 4.78 is 10.5. The topological polar surface area (TPSA) is 52.6 Å². The third kappa shape index (κ3) is 4.42. The van der Waals surface area contributed by atoms with E-state index in [0.717, 1.165) is 11.1 Å². The third-order valence-electron chi connectivity index (χ3n) is 3.34. The summed E-state index contributed by atoms with van der Waals surface area (Å²) in [6.07, 6.45) is 0.0771. The highest BCUT2D eigenvalue weighted by Gasteiger charge is 2.17. The summed E-state index contributed by atoms with van der Waals surface area (Å²) in [5.41, 5.74) is 2.94. The van der Waals surface area contributed by atoms with Crippen molar-refractivity contribution in [2.24, 2.45) is 0 Å². The maximum absolute atomic E-state index is 12.3. The highest BCUT2D eigenvalue weighted by atomic mass is 16.5. The van der Waals surface area contributed by atoms with E-state index < -0.39 is 5.97 Å². The molecule has 23 heavy (non-hydrogen) atoms. The fourth-order valence-corrected chi connectivity index (χ4v) is 2.41. The van der Waals surface area contributed by atoms with Crippen molar-refractivity contribution in [3.05, 3.63) is 64.7 Å². The van der Waals surface area contributed by atoms with Gasteiger partial charge in [0.1, 0.15) is 5.75 Å². The van der Waals surface area contributed by atoms with Crippen LogP contribution in [-0.4, -0.2) is 18.5 Å². The molecule has 2 aromatic rings. The van der Waals surface area contributed by atoms with Crippen molar-refractivity contribution in [2.75, 3.05) is 6.61 Å². The van der Waals surface area contributed by atoms with Crippen molar-refractivity contribution in [2.45, 2.75) is 27.2 Å². The van der Waals surface area contributed by atoms with Gasteiger partial charge in [-0.3, -0.25) is 4.79 Å². The number of esters is 2. The minimum absolute atomic E-state index is 0.0771. The van der Waals surface area contributed by atoms with E-state index in [1.807, 2.05) is 32.0 Å². The third-order valence-corrected chi connectivity index (χ3v) is 3.34. The van der Waals surface area contributed by atoms with Crippen LogP contribution in [0.2, 0.25) is 0 Å². The van der Waals surface area contributed by atoms with Gasteiger partial charge in [-0.25, -0.2) is 4.79 Å². The smallest absolute Gasteiger partial charge is 0.343 e. The van der Waals surface area contributed by atoms with Gasteiger partial charge in [0, 0.05) is 5.56 Å². The van der Waals surface area contributed by atoms with Gasteiger partial charge in [0.05, 0.1) is 18.6 Å². The van der Waals surface area contributed by atoms with Gasteiger partial charge in [-0.15, -0.1) is 0 Å². The molecule has 4 heteroatoms. The van der Waals surface area contributed by atoms with Gasteiger partial charge < -0.3 is 9.47 Å². The summed E-state index contributed by atoms with van der Waals surface area (Å²) in [6, 6.07) is 12.5. The number of benzene rings is 2. The van der Waals surface area contributed by atoms with Crippen LogP contribution in [-0.2, 0) is 16.0 Å². The molecule has 0 amide bonds. The minimum Gasteiger partial charge on any atom is -0.466 e. The number of ether oxygens (including phenoxy) is 2. The van der Waals surface area contributed by atoms with E-state index in [9.17, 15) is 9.59 Å². The van der Waals surface area contributed by atoms with Gasteiger partial charge >= 0.3 is 11.9 Å². The largest absolute Gasteiger partial charge is 0.466 e. The Labute approximate surface area is 136 Å². The van der Waals surface area contributed by atoms with E-state index in [2.05, 4.69) is 0 Å². The van der Waals surface area contributed by atoms with Crippen LogP contribution in [0.3, 0.4) is 0 Å². The fourth-order valence-electron chi connectivity index (χ4n) is 2.41. The van der Waals surface area contributed by atoms with Crippen molar-refractivity contribution in [3.63, 3.8) is 0 Å². The summed E-state index contributed by atoms with van der Waals surface area (Å²) in [5, 5.41) is 0. The fraction of sp³-hybridized carbons (Fsp3) is 0.263. The maximum Gasteiger partial charge on any atom is 0.343 e. The highest BCUT2D eigenvalue weighted by molar-refractivity contribution is 5.91. The molecule has 0 saturated heterocycles. The monoisotopic (exact) mass is 312 g/mol. The van der Waals surface area contributed by atoms with Gasteiger partial charge in [0.2, 0.25) is 0 Å². The van der Waals surface area contributed by atoms with Crippen molar-refractivity contribution in [1.29, 1.82) is 0 Å². The van der Waals surface area contributed by atoms with E-state index in [1.54, 1.807) is 31.2 Å². The summed E-state index contributed by atoms with van der Waals surface area (Å²) >= 11 is 0. The number of aryl methyl sites for hydroxylation is 2. The zero-order valence-corrected chi connectivity index (χ0v) is 13.6. The van der Waals surface area contributed by atoms with Crippen LogP contribution in [0.4, 0.5) is 0 Å². The predicted octanol–water partition coefficient (Wildman–Crippen LogP) is 3.63. The summed E-state index contributed by atoms with van der Waals surface area (Å²) in [4.78, 5) is 24.1. The van der Waals surface area contributed by atoms with Crippen molar-refractivity contribution < 1.29 is 19.1 Å². The second-order valence-corrected chi connectivity index (χ2v) is 5.31. The maximum atomic E-state index is 12.3. The predicted molar refractivity (Wildman–Crippen MR) is 87.7 cm³/mol. The van der Waals surface area contributed by atoms with Crippen molar-refractivity contribution in [1.82, 2.24) is 0 Å². The standard InChI is InChI=1S/C19H20O4/c1-4-22-17(20)12-16-11-13(2)10-14(3)18(16)23-19(21)15-8-6-5-7-9-15/h5-11H,4,12H2,1-3H3. The van der Waals surface area contributed by atoms with E-state index in [-0.39, 0.29) is 12.4 Å².